The third-order valence-electron chi connectivity index (χ3n) is 4.08. The first-order valence-electron chi connectivity index (χ1n) is 8.90. The van der Waals surface area contributed by atoms with E-state index in [1.807, 2.05) is 6.92 Å². The van der Waals surface area contributed by atoms with Crippen molar-refractivity contribution in [2.75, 3.05) is 18.0 Å². The van der Waals surface area contributed by atoms with Crippen LogP contribution in [0.15, 0.2) is 48.2 Å². The van der Waals surface area contributed by atoms with Crippen molar-refractivity contribution in [2.24, 2.45) is 0 Å². The zero-order valence-corrected chi connectivity index (χ0v) is 15.2. The Morgan fingerprint density at radius 3 is 2.50 bits per heavy atom. The zero-order chi connectivity index (χ0) is 17.8. The summed E-state index contributed by atoms with van der Waals surface area (Å²) < 4.78 is 0. The second-order valence-corrected chi connectivity index (χ2v) is 5.82. The van der Waals surface area contributed by atoms with Crippen molar-refractivity contribution >= 4 is 5.69 Å². The number of unbranched alkanes of at least 4 members (excludes halogenated alkanes) is 3. The Morgan fingerprint density at radius 2 is 1.88 bits per heavy atom. The quantitative estimate of drug-likeness (QED) is 0.237. The fourth-order valence-corrected chi connectivity index (χ4v) is 2.84. The van der Waals surface area contributed by atoms with Crippen molar-refractivity contribution in [1.29, 1.82) is 0 Å². The number of anilines is 1. The molecule has 132 valence electrons. The standard InChI is InChI=1S/C20H30N2O2/c1-4-13-19(6-3)21(16-11-7-8-12-17-22(23)24)20-15-10-9-14-18(20)5-2/h4,6,9-10,13-15H,5,7-8,11-12,16-17H2,1-3H3/b13-4-,19-6+. The number of benzene rings is 1. The first-order chi connectivity index (χ1) is 11.6. The Kier molecular flexibility index (Phi) is 9.51. The lowest BCUT2D eigenvalue weighted by atomic mass is 10.1. The molecule has 0 spiro atoms. The van der Waals surface area contributed by atoms with Gasteiger partial charge < -0.3 is 4.90 Å². The van der Waals surface area contributed by atoms with Gasteiger partial charge in [0.15, 0.2) is 0 Å². The van der Waals surface area contributed by atoms with Gasteiger partial charge in [-0.15, -0.1) is 0 Å². The highest BCUT2D eigenvalue weighted by Crippen LogP contribution is 2.26. The minimum Gasteiger partial charge on any atom is -0.342 e. The van der Waals surface area contributed by atoms with Crippen LogP contribution in [0.1, 0.15) is 52.0 Å². The number of nitrogens with zero attached hydrogens (tertiary/aromatic N) is 2. The summed E-state index contributed by atoms with van der Waals surface area (Å²) in [7, 11) is 0. The summed E-state index contributed by atoms with van der Waals surface area (Å²) in [5.74, 6) is 0. The van der Waals surface area contributed by atoms with Crippen LogP contribution in [0, 0.1) is 10.1 Å². The molecule has 0 atom stereocenters. The van der Waals surface area contributed by atoms with Crippen LogP contribution >= 0.6 is 0 Å². The van der Waals surface area contributed by atoms with E-state index < -0.39 is 0 Å². The summed E-state index contributed by atoms with van der Waals surface area (Å²) in [6.07, 6.45) is 11.0. The molecule has 1 aromatic rings. The lowest BCUT2D eigenvalue weighted by molar-refractivity contribution is -0.480. The molecule has 1 rings (SSSR count). The molecule has 1 aromatic carbocycles. The molecule has 4 nitrogen and oxygen atoms in total. The Morgan fingerprint density at radius 1 is 1.17 bits per heavy atom. The van der Waals surface area contributed by atoms with E-state index in [0.29, 0.717) is 6.42 Å². The fraction of sp³-hybridized carbons (Fsp3) is 0.500. The van der Waals surface area contributed by atoms with Gasteiger partial charge in [0.2, 0.25) is 6.54 Å². The second kappa shape index (κ2) is 11.4. The van der Waals surface area contributed by atoms with Gasteiger partial charge in [0.1, 0.15) is 0 Å². The summed E-state index contributed by atoms with van der Waals surface area (Å²) in [5.41, 5.74) is 3.80. The van der Waals surface area contributed by atoms with Crippen LogP contribution in [0.3, 0.4) is 0 Å². The van der Waals surface area contributed by atoms with Crippen LogP contribution in [0.25, 0.3) is 0 Å². The van der Waals surface area contributed by atoms with Gasteiger partial charge >= 0.3 is 0 Å². The van der Waals surface area contributed by atoms with E-state index in [1.54, 1.807) is 0 Å². The van der Waals surface area contributed by atoms with Crippen LogP contribution in [0.5, 0.6) is 0 Å². The van der Waals surface area contributed by atoms with E-state index in [4.69, 9.17) is 0 Å². The molecular formula is C20H30N2O2. The van der Waals surface area contributed by atoms with Gasteiger partial charge in [0.05, 0.1) is 0 Å². The van der Waals surface area contributed by atoms with E-state index in [-0.39, 0.29) is 11.5 Å². The van der Waals surface area contributed by atoms with Gasteiger partial charge in [-0.3, -0.25) is 10.1 Å². The van der Waals surface area contributed by atoms with Crippen LogP contribution in [0.4, 0.5) is 5.69 Å². The number of hydrogen-bond acceptors (Lipinski definition) is 3. The number of aryl methyl sites for hydroxylation is 1. The highest BCUT2D eigenvalue weighted by Gasteiger charge is 2.12. The maximum absolute atomic E-state index is 10.4. The first-order valence-corrected chi connectivity index (χ1v) is 8.90. The summed E-state index contributed by atoms with van der Waals surface area (Å²) in [4.78, 5) is 12.5. The van der Waals surface area contributed by atoms with Crippen molar-refractivity contribution in [3.8, 4) is 0 Å². The molecule has 0 fully saturated rings. The topological polar surface area (TPSA) is 46.4 Å². The molecule has 0 radical (unpaired) electrons. The Hall–Kier alpha value is -2.10. The SMILES string of the molecule is C/C=C\C(=C/C)N(CCCCCC[N+](=O)[O-])c1ccccc1CC. The third kappa shape index (κ3) is 6.57. The van der Waals surface area contributed by atoms with E-state index >= 15 is 0 Å². The van der Waals surface area contributed by atoms with Crippen molar-refractivity contribution in [3.05, 3.63) is 63.9 Å². The second-order valence-electron chi connectivity index (χ2n) is 5.82. The van der Waals surface area contributed by atoms with E-state index in [0.717, 1.165) is 32.2 Å². The van der Waals surface area contributed by atoms with Crippen LogP contribution < -0.4 is 4.90 Å². The minimum absolute atomic E-state index is 0.0844. The molecule has 0 aliphatic rings. The lowest BCUT2D eigenvalue weighted by Crippen LogP contribution is -2.24. The minimum atomic E-state index is -0.228. The third-order valence-corrected chi connectivity index (χ3v) is 4.08. The summed E-state index contributed by atoms with van der Waals surface area (Å²) >= 11 is 0. The molecule has 24 heavy (non-hydrogen) atoms. The molecule has 0 aliphatic heterocycles. The smallest absolute Gasteiger partial charge is 0.203 e. The highest BCUT2D eigenvalue weighted by molar-refractivity contribution is 5.59. The molecule has 0 aliphatic carbocycles. The maximum atomic E-state index is 10.4. The van der Waals surface area contributed by atoms with E-state index in [1.165, 1.54) is 16.9 Å². The van der Waals surface area contributed by atoms with Crippen molar-refractivity contribution in [3.63, 3.8) is 0 Å². The van der Waals surface area contributed by atoms with Crippen molar-refractivity contribution in [1.82, 2.24) is 0 Å². The molecule has 0 bridgehead atoms. The lowest BCUT2D eigenvalue weighted by Gasteiger charge is -2.28. The average molecular weight is 330 g/mol. The molecular weight excluding hydrogens is 300 g/mol. The van der Waals surface area contributed by atoms with Gasteiger partial charge in [0, 0.05) is 29.3 Å². The van der Waals surface area contributed by atoms with Crippen LogP contribution in [-0.4, -0.2) is 18.0 Å². The molecule has 0 unspecified atom stereocenters. The fourth-order valence-electron chi connectivity index (χ4n) is 2.84. The normalized spacial score (nSPS) is 11.9. The summed E-state index contributed by atoms with van der Waals surface area (Å²) in [5, 5.41) is 10.4. The number of allylic oxidation sites excluding steroid dienone is 3. The van der Waals surface area contributed by atoms with E-state index in [9.17, 15) is 10.1 Å². The number of rotatable bonds is 11. The summed E-state index contributed by atoms with van der Waals surface area (Å²) in [6.45, 7) is 7.29. The molecule has 0 saturated heterocycles. The van der Waals surface area contributed by atoms with Gasteiger partial charge in [-0.25, -0.2) is 0 Å². The predicted octanol–water partition coefficient (Wildman–Crippen LogP) is 5.37. The zero-order valence-electron chi connectivity index (χ0n) is 15.2. The van der Waals surface area contributed by atoms with Gasteiger partial charge in [-0.05, 0) is 50.8 Å². The molecule has 4 heteroatoms. The monoisotopic (exact) mass is 330 g/mol. The number of para-hydroxylation sites is 1. The molecule has 0 heterocycles. The Balaban J connectivity index is 2.78. The average Bonchev–Trinajstić information content (AvgIpc) is 2.59. The Bertz CT molecular complexity index is 565. The maximum Gasteiger partial charge on any atom is 0.203 e. The van der Waals surface area contributed by atoms with Crippen LogP contribution in [-0.2, 0) is 6.42 Å². The van der Waals surface area contributed by atoms with E-state index in [2.05, 4.69) is 61.2 Å². The molecule has 0 amide bonds. The van der Waals surface area contributed by atoms with Gasteiger partial charge in [-0.1, -0.05) is 43.7 Å². The van der Waals surface area contributed by atoms with Crippen molar-refractivity contribution in [2.45, 2.75) is 52.9 Å². The highest BCUT2D eigenvalue weighted by atomic mass is 16.6. The van der Waals surface area contributed by atoms with Crippen molar-refractivity contribution < 1.29 is 4.92 Å². The molecule has 0 aromatic heterocycles. The predicted molar refractivity (Wildman–Crippen MR) is 102 cm³/mol. The largest absolute Gasteiger partial charge is 0.342 e. The molecule has 0 N–H and O–H groups in total. The van der Waals surface area contributed by atoms with Gasteiger partial charge in [-0.2, -0.15) is 0 Å². The van der Waals surface area contributed by atoms with Crippen LogP contribution in [0.2, 0.25) is 0 Å². The number of hydrogen-bond donors (Lipinski definition) is 0. The molecule has 0 saturated carbocycles. The Labute approximate surface area is 146 Å². The number of nitro groups is 1. The summed E-state index contributed by atoms with van der Waals surface area (Å²) in [6, 6.07) is 8.53. The van der Waals surface area contributed by atoms with Gasteiger partial charge in [0.25, 0.3) is 0 Å². The first kappa shape index (κ1) is 19.9.